The molecule has 1 atom stereocenters. The summed E-state index contributed by atoms with van der Waals surface area (Å²) in [5.41, 5.74) is 9.51. The molecule has 0 bridgehead atoms. The van der Waals surface area contributed by atoms with Gasteiger partial charge in [0.2, 0.25) is 6.79 Å². The molecule has 2 aromatic carbocycles. The van der Waals surface area contributed by atoms with Crippen molar-refractivity contribution in [3.05, 3.63) is 75.1 Å². The van der Waals surface area contributed by atoms with Gasteiger partial charge in [0.1, 0.15) is 6.61 Å². The first-order valence-corrected chi connectivity index (χ1v) is 12.4. The highest BCUT2D eigenvalue weighted by Crippen LogP contribution is 2.43. The Balaban J connectivity index is 1.43. The summed E-state index contributed by atoms with van der Waals surface area (Å²) in [6, 6.07) is 12.9. The smallest absolute Gasteiger partial charge is 0.343 e. The molecule has 0 saturated heterocycles. The number of carbonyl (C=O) groups excluding carboxylic acids is 1. The Morgan fingerprint density at radius 1 is 1.08 bits per heavy atom. The summed E-state index contributed by atoms with van der Waals surface area (Å²) in [4.78, 5) is 31.1. The minimum Gasteiger partial charge on any atom is -0.458 e. The summed E-state index contributed by atoms with van der Waals surface area (Å²) in [5, 5.41) is 15.5. The molecule has 0 radical (unpaired) electrons. The van der Waals surface area contributed by atoms with Gasteiger partial charge >= 0.3 is 5.97 Å². The van der Waals surface area contributed by atoms with Crippen LogP contribution in [0.25, 0.3) is 22.3 Å². The number of cyclic esters (lactones) is 1. The molecule has 10 nitrogen and oxygen atoms in total. The van der Waals surface area contributed by atoms with Crippen molar-refractivity contribution in [3.63, 3.8) is 0 Å². The first-order valence-electron chi connectivity index (χ1n) is 12.4. The van der Waals surface area contributed by atoms with Gasteiger partial charge in [0.25, 0.3) is 5.56 Å². The van der Waals surface area contributed by atoms with Crippen LogP contribution in [-0.4, -0.2) is 27.4 Å². The third-order valence-electron chi connectivity index (χ3n) is 7.68. The summed E-state index contributed by atoms with van der Waals surface area (Å²) in [6.07, 6.45) is 0.0833. The molecular weight excluding hydrogens is 488 g/mol. The van der Waals surface area contributed by atoms with Crippen LogP contribution in [0.1, 0.15) is 35.6 Å². The van der Waals surface area contributed by atoms with Gasteiger partial charge in [0.05, 0.1) is 29.0 Å². The van der Waals surface area contributed by atoms with Crippen molar-refractivity contribution in [2.24, 2.45) is 0 Å². The van der Waals surface area contributed by atoms with Crippen molar-refractivity contribution in [1.82, 2.24) is 9.55 Å². The van der Waals surface area contributed by atoms with Gasteiger partial charge in [0, 0.05) is 40.5 Å². The molecule has 0 saturated carbocycles. The van der Waals surface area contributed by atoms with Gasteiger partial charge in [-0.1, -0.05) is 6.92 Å². The van der Waals surface area contributed by atoms with Crippen molar-refractivity contribution in [2.75, 3.05) is 17.8 Å². The minimum atomic E-state index is -1.88. The number of carbonyl (C=O) groups is 1. The zero-order valence-electron chi connectivity index (χ0n) is 20.5. The van der Waals surface area contributed by atoms with Crippen LogP contribution in [0.4, 0.5) is 11.4 Å². The topological polar surface area (TPSA) is 138 Å². The molecule has 3 aliphatic rings. The van der Waals surface area contributed by atoms with E-state index in [2.05, 4.69) is 5.32 Å². The second-order valence-corrected chi connectivity index (χ2v) is 9.72. The number of nitrogens with one attached hydrogen (secondary N) is 1. The maximum atomic E-state index is 13.6. The number of fused-ring (bicyclic) bond motifs is 6. The second-order valence-electron chi connectivity index (χ2n) is 9.72. The highest BCUT2D eigenvalue weighted by Gasteiger charge is 2.45. The average Bonchev–Trinajstić information content (AvgIpc) is 3.53. The van der Waals surface area contributed by atoms with Gasteiger partial charge in [-0.2, -0.15) is 0 Å². The van der Waals surface area contributed by atoms with Gasteiger partial charge in [-0.25, -0.2) is 9.78 Å². The lowest BCUT2D eigenvalue weighted by atomic mass is 9.86. The van der Waals surface area contributed by atoms with Crippen molar-refractivity contribution >= 4 is 28.2 Å². The molecule has 2 aromatic heterocycles. The molecule has 7 rings (SSSR count). The van der Waals surface area contributed by atoms with Gasteiger partial charge in [0.15, 0.2) is 17.1 Å². The number of benzene rings is 2. The second kappa shape index (κ2) is 7.96. The van der Waals surface area contributed by atoms with Crippen LogP contribution >= 0.6 is 0 Å². The molecule has 0 aliphatic carbocycles. The highest BCUT2D eigenvalue weighted by molar-refractivity contribution is 5.91. The number of pyridine rings is 2. The first kappa shape index (κ1) is 22.6. The van der Waals surface area contributed by atoms with E-state index < -0.39 is 11.6 Å². The summed E-state index contributed by atoms with van der Waals surface area (Å²) in [6.45, 7) is 2.40. The number of ether oxygens (including phenoxy) is 3. The number of anilines is 2. The third kappa shape index (κ3) is 3.13. The molecule has 0 unspecified atom stereocenters. The Hall–Kier alpha value is -4.57. The van der Waals surface area contributed by atoms with E-state index in [0.717, 1.165) is 22.2 Å². The SMILES string of the molecule is CC[C@@]1(O)C(=O)OCc2c1cc1n(c2=O)Cc2c-1nc1cc3c(cc1c2CNc1ccc(N)cc1)OCO3. The summed E-state index contributed by atoms with van der Waals surface area (Å²) >= 11 is 0. The van der Waals surface area contributed by atoms with Crippen molar-refractivity contribution in [2.45, 2.75) is 38.6 Å². The predicted octanol–water partition coefficient (Wildman–Crippen LogP) is 3.00. The van der Waals surface area contributed by atoms with E-state index in [4.69, 9.17) is 24.9 Å². The quantitative estimate of drug-likeness (QED) is 0.245. The predicted molar refractivity (Wildman–Crippen MR) is 139 cm³/mol. The fraction of sp³-hybridized carbons (Fsp3) is 0.250. The molecule has 0 amide bonds. The van der Waals surface area contributed by atoms with E-state index >= 15 is 0 Å². The Morgan fingerprint density at radius 3 is 2.61 bits per heavy atom. The Morgan fingerprint density at radius 2 is 1.84 bits per heavy atom. The number of nitrogens with zero attached hydrogens (tertiary/aromatic N) is 2. The normalized spacial score (nSPS) is 18.6. The lowest BCUT2D eigenvalue weighted by molar-refractivity contribution is -0.172. The van der Waals surface area contributed by atoms with Gasteiger partial charge in [-0.3, -0.25) is 4.79 Å². The Labute approximate surface area is 216 Å². The maximum absolute atomic E-state index is 13.6. The van der Waals surface area contributed by atoms with Crippen LogP contribution in [0, 0.1) is 0 Å². The van der Waals surface area contributed by atoms with Gasteiger partial charge in [-0.15, -0.1) is 0 Å². The van der Waals surface area contributed by atoms with Crippen molar-refractivity contribution in [1.29, 1.82) is 0 Å². The van der Waals surface area contributed by atoms with E-state index in [0.29, 0.717) is 47.2 Å². The lowest BCUT2D eigenvalue weighted by Gasteiger charge is -2.31. The number of hydrogen-bond donors (Lipinski definition) is 3. The largest absolute Gasteiger partial charge is 0.458 e. The van der Waals surface area contributed by atoms with Crippen LogP contribution in [0.2, 0.25) is 0 Å². The molecule has 10 heteroatoms. The van der Waals surface area contributed by atoms with E-state index in [1.807, 2.05) is 36.4 Å². The standard InChI is InChI=1S/C28H24N4O6/c1-2-28(35)20-8-22-25-18(11-32(22)26(33)19(20)12-36-27(28)34)17(10-30-15-5-3-14(29)4-6-15)16-7-23-24(38-13-37-23)9-21(16)31-25/h3-9,30,35H,2,10-13,29H2,1H3/t28-/m0/s1. The summed E-state index contributed by atoms with van der Waals surface area (Å²) in [5.74, 6) is 0.494. The molecule has 0 fully saturated rings. The number of aliphatic hydroxyl groups is 1. The van der Waals surface area contributed by atoms with Crippen LogP contribution in [0.5, 0.6) is 11.5 Å². The zero-order chi connectivity index (χ0) is 26.2. The molecule has 4 N–H and O–H groups in total. The van der Waals surface area contributed by atoms with E-state index in [1.54, 1.807) is 17.6 Å². The zero-order valence-corrected chi connectivity index (χ0v) is 20.5. The third-order valence-corrected chi connectivity index (χ3v) is 7.68. The summed E-state index contributed by atoms with van der Waals surface area (Å²) < 4.78 is 18.1. The van der Waals surface area contributed by atoms with Crippen molar-refractivity contribution in [3.8, 4) is 22.9 Å². The number of aromatic nitrogens is 2. The van der Waals surface area contributed by atoms with Crippen LogP contribution in [-0.2, 0) is 34.8 Å². The number of rotatable bonds is 4. The Kier molecular flexibility index (Phi) is 4.74. The van der Waals surface area contributed by atoms with Gasteiger partial charge in [-0.05, 0) is 48.4 Å². The summed E-state index contributed by atoms with van der Waals surface area (Å²) in [7, 11) is 0. The number of hydrogen-bond acceptors (Lipinski definition) is 9. The van der Waals surface area contributed by atoms with Crippen LogP contribution < -0.4 is 26.1 Å². The number of esters is 1. The van der Waals surface area contributed by atoms with Crippen LogP contribution in [0.15, 0.2) is 47.3 Å². The molecule has 3 aliphatic heterocycles. The minimum absolute atomic E-state index is 0.0833. The molecular formula is C28H24N4O6. The molecule has 38 heavy (non-hydrogen) atoms. The fourth-order valence-corrected chi connectivity index (χ4v) is 5.55. The highest BCUT2D eigenvalue weighted by atomic mass is 16.7. The lowest BCUT2D eigenvalue weighted by Crippen LogP contribution is -2.44. The van der Waals surface area contributed by atoms with E-state index in [-0.39, 0.29) is 36.5 Å². The number of nitrogens with two attached hydrogens (primary N) is 1. The molecule has 5 heterocycles. The first-order chi connectivity index (χ1) is 18.4. The van der Waals surface area contributed by atoms with Crippen molar-refractivity contribution < 1.29 is 24.1 Å². The van der Waals surface area contributed by atoms with Gasteiger partial charge < -0.3 is 34.9 Å². The maximum Gasteiger partial charge on any atom is 0.343 e. The van der Waals surface area contributed by atoms with E-state index in [9.17, 15) is 14.7 Å². The Bertz CT molecular complexity index is 1730. The average molecular weight is 513 g/mol. The molecule has 4 aromatic rings. The van der Waals surface area contributed by atoms with Crippen LogP contribution in [0.3, 0.4) is 0 Å². The van der Waals surface area contributed by atoms with E-state index in [1.165, 1.54) is 0 Å². The molecule has 0 spiro atoms. The molecule has 192 valence electrons. The fourth-order valence-electron chi connectivity index (χ4n) is 5.55. The number of nitrogen functional groups attached to an aromatic ring is 1. The monoisotopic (exact) mass is 512 g/mol.